The molecule has 21 heavy (non-hydrogen) atoms. The van der Waals surface area contributed by atoms with E-state index < -0.39 is 0 Å². The van der Waals surface area contributed by atoms with Gasteiger partial charge in [-0.3, -0.25) is 4.90 Å². The second-order valence-corrected chi connectivity index (χ2v) is 7.16. The lowest BCUT2D eigenvalue weighted by Gasteiger charge is -2.36. The van der Waals surface area contributed by atoms with E-state index in [4.69, 9.17) is 4.74 Å². The van der Waals surface area contributed by atoms with Gasteiger partial charge in [0.05, 0.1) is 12.7 Å². The Balaban J connectivity index is 0.00000110. The van der Waals surface area contributed by atoms with Gasteiger partial charge < -0.3 is 10.1 Å². The highest BCUT2D eigenvalue weighted by Gasteiger charge is 2.37. The molecule has 0 aromatic rings. The van der Waals surface area contributed by atoms with Crippen LogP contribution in [0.1, 0.15) is 40.0 Å². The van der Waals surface area contributed by atoms with Crippen LogP contribution in [0.3, 0.4) is 0 Å². The van der Waals surface area contributed by atoms with Crippen LogP contribution in [0.5, 0.6) is 0 Å². The molecule has 124 valence electrons. The highest BCUT2D eigenvalue weighted by molar-refractivity contribution is 5.85. The van der Waals surface area contributed by atoms with Gasteiger partial charge >= 0.3 is 0 Å². The van der Waals surface area contributed by atoms with E-state index in [1.807, 2.05) is 0 Å². The Morgan fingerprint density at radius 3 is 2.71 bits per heavy atom. The van der Waals surface area contributed by atoms with E-state index in [0.29, 0.717) is 17.6 Å². The van der Waals surface area contributed by atoms with Crippen molar-refractivity contribution < 1.29 is 4.74 Å². The van der Waals surface area contributed by atoms with E-state index in [0.717, 1.165) is 32.8 Å². The fourth-order valence-corrected chi connectivity index (χ4v) is 4.05. The quantitative estimate of drug-likeness (QED) is 0.784. The van der Waals surface area contributed by atoms with Gasteiger partial charge in [-0.15, -0.1) is 24.8 Å². The fraction of sp³-hybridized carbons (Fsp3) is 0.875. The molecule has 0 aromatic carbocycles. The number of hydrogen-bond donors (Lipinski definition) is 1. The number of hydrogen-bond acceptors (Lipinski definition) is 3. The molecule has 0 aromatic heterocycles. The summed E-state index contributed by atoms with van der Waals surface area (Å²) in [7, 11) is 0. The summed E-state index contributed by atoms with van der Waals surface area (Å²) in [4.78, 5) is 2.60. The van der Waals surface area contributed by atoms with Gasteiger partial charge in [0.1, 0.15) is 0 Å². The van der Waals surface area contributed by atoms with Crippen LogP contribution in [0.25, 0.3) is 0 Å². The molecule has 0 amide bonds. The molecule has 5 heteroatoms. The second-order valence-electron chi connectivity index (χ2n) is 7.16. The van der Waals surface area contributed by atoms with Gasteiger partial charge in [0, 0.05) is 32.2 Å². The van der Waals surface area contributed by atoms with Crippen molar-refractivity contribution in [3.05, 3.63) is 11.1 Å². The normalized spacial score (nSPS) is 32.1. The lowest BCUT2D eigenvalue weighted by Crippen LogP contribution is -2.47. The lowest BCUT2D eigenvalue weighted by atomic mass is 9.72. The number of likely N-dealkylation sites (tertiary alicyclic amines) is 1. The van der Waals surface area contributed by atoms with Gasteiger partial charge in [-0.25, -0.2) is 0 Å². The smallest absolute Gasteiger partial charge is 0.0867 e. The molecular formula is C16H30Cl2N2O. The standard InChI is InChI=1S/C16H28N2O.2ClH/c1-12-5-4-6-16(2,3)13(12)9-18-10-14-15(11-18)19-8-7-17-14;;/h14-15,17H,4-11H2,1-3H3;2*1H/t14-,15-;;/m0../s1. The average molecular weight is 337 g/mol. The predicted molar refractivity (Wildman–Crippen MR) is 92.8 cm³/mol. The maximum absolute atomic E-state index is 5.88. The number of nitrogens with zero attached hydrogens (tertiary/aromatic N) is 1. The molecule has 1 N–H and O–H groups in total. The summed E-state index contributed by atoms with van der Waals surface area (Å²) in [5.74, 6) is 0. The van der Waals surface area contributed by atoms with Crippen molar-refractivity contribution in [2.75, 3.05) is 32.8 Å². The molecule has 2 atom stereocenters. The summed E-state index contributed by atoms with van der Waals surface area (Å²) < 4.78 is 5.88. The van der Waals surface area contributed by atoms with Crippen LogP contribution in [-0.4, -0.2) is 49.8 Å². The molecule has 2 saturated heterocycles. The number of ether oxygens (including phenoxy) is 1. The van der Waals surface area contributed by atoms with Crippen LogP contribution in [0.15, 0.2) is 11.1 Å². The summed E-state index contributed by atoms with van der Waals surface area (Å²) in [5.41, 5.74) is 3.72. The first-order valence-corrected chi connectivity index (χ1v) is 7.83. The van der Waals surface area contributed by atoms with Crippen molar-refractivity contribution in [1.29, 1.82) is 0 Å². The minimum Gasteiger partial charge on any atom is -0.374 e. The maximum Gasteiger partial charge on any atom is 0.0867 e. The van der Waals surface area contributed by atoms with Crippen molar-refractivity contribution in [3.8, 4) is 0 Å². The van der Waals surface area contributed by atoms with Crippen molar-refractivity contribution in [2.45, 2.75) is 52.2 Å². The third kappa shape index (κ3) is 4.14. The molecule has 3 nitrogen and oxygen atoms in total. The van der Waals surface area contributed by atoms with E-state index in [9.17, 15) is 0 Å². The third-order valence-corrected chi connectivity index (χ3v) is 5.25. The van der Waals surface area contributed by atoms with Gasteiger partial charge in [0.2, 0.25) is 0 Å². The SMILES string of the molecule is CC1=C(CN2C[C@@H]3NCCO[C@H]3C2)C(C)(C)CCC1.Cl.Cl. The Hall–Kier alpha value is 0.200. The molecule has 0 unspecified atom stereocenters. The van der Waals surface area contributed by atoms with Crippen molar-refractivity contribution >= 4 is 24.8 Å². The largest absolute Gasteiger partial charge is 0.374 e. The van der Waals surface area contributed by atoms with Crippen LogP contribution in [0.2, 0.25) is 0 Å². The van der Waals surface area contributed by atoms with Gasteiger partial charge in [-0.05, 0) is 31.6 Å². The van der Waals surface area contributed by atoms with Crippen molar-refractivity contribution in [1.82, 2.24) is 10.2 Å². The second kappa shape index (κ2) is 7.65. The van der Waals surface area contributed by atoms with Crippen LogP contribution >= 0.6 is 24.8 Å². The summed E-state index contributed by atoms with van der Waals surface area (Å²) in [6.07, 6.45) is 4.42. The van der Waals surface area contributed by atoms with Crippen LogP contribution in [-0.2, 0) is 4.74 Å². The number of halogens is 2. The van der Waals surface area contributed by atoms with Gasteiger partial charge in [0.25, 0.3) is 0 Å². The van der Waals surface area contributed by atoms with E-state index in [-0.39, 0.29) is 24.8 Å². The molecule has 2 fully saturated rings. The molecule has 0 spiro atoms. The maximum atomic E-state index is 5.88. The number of rotatable bonds is 2. The van der Waals surface area contributed by atoms with Crippen LogP contribution in [0.4, 0.5) is 0 Å². The Morgan fingerprint density at radius 2 is 2.05 bits per heavy atom. The molecule has 0 bridgehead atoms. The minimum atomic E-state index is 0. The highest BCUT2D eigenvalue weighted by atomic mass is 35.5. The van der Waals surface area contributed by atoms with Crippen LogP contribution in [0, 0.1) is 5.41 Å². The molecule has 0 radical (unpaired) electrons. The molecular weight excluding hydrogens is 307 g/mol. The number of nitrogens with one attached hydrogen (secondary N) is 1. The predicted octanol–water partition coefficient (Wildman–Crippen LogP) is 3.03. The fourth-order valence-electron chi connectivity index (χ4n) is 4.05. The first kappa shape index (κ1) is 19.2. The van der Waals surface area contributed by atoms with Gasteiger partial charge in [0.15, 0.2) is 0 Å². The van der Waals surface area contributed by atoms with E-state index in [1.165, 1.54) is 19.3 Å². The summed E-state index contributed by atoms with van der Waals surface area (Å²) in [6, 6.07) is 0.557. The molecule has 1 aliphatic carbocycles. The minimum absolute atomic E-state index is 0. The number of fused-ring (bicyclic) bond motifs is 1. The first-order chi connectivity index (χ1) is 9.06. The van der Waals surface area contributed by atoms with E-state index in [1.54, 1.807) is 11.1 Å². The Labute approximate surface area is 141 Å². The zero-order chi connectivity index (χ0) is 13.5. The average Bonchev–Trinajstić information content (AvgIpc) is 2.76. The molecule has 0 saturated carbocycles. The zero-order valence-corrected chi connectivity index (χ0v) is 15.1. The number of allylic oxidation sites excluding steroid dienone is 1. The topological polar surface area (TPSA) is 24.5 Å². The molecule has 2 heterocycles. The van der Waals surface area contributed by atoms with Crippen LogP contribution < -0.4 is 5.32 Å². The Kier molecular flexibility index (Phi) is 7.01. The Morgan fingerprint density at radius 1 is 1.29 bits per heavy atom. The molecule has 3 rings (SSSR count). The lowest BCUT2D eigenvalue weighted by molar-refractivity contribution is 0.0178. The Bertz CT molecular complexity index is 370. The monoisotopic (exact) mass is 336 g/mol. The van der Waals surface area contributed by atoms with Crippen molar-refractivity contribution in [2.24, 2.45) is 5.41 Å². The van der Waals surface area contributed by atoms with E-state index >= 15 is 0 Å². The summed E-state index contributed by atoms with van der Waals surface area (Å²) >= 11 is 0. The molecule has 3 aliphatic rings. The molecule has 2 aliphatic heterocycles. The van der Waals surface area contributed by atoms with Gasteiger partial charge in [-0.1, -0.05) is 25.0 Å². The van der Waals surface area contributed by atoms with Crippen molar-refractivity contribution in [3.63, 3.8) is 0 Å². The van der Waals surface area contributed by atoms with Gasteiger partial charge in [-0.2, -0.15) is 0 Å². The van der Waals surface area contributed by atoms with E-state index in [2.05, 4.69) is 31.0 Å². The summed E-state index contributed by atoms with van der Waals surface area (Å²) in [6.45, 7) is 12.5. The summed E-state index contributed by atoms with van der Waals surface area (Å²) in [5, 5.41) is 3.60. The third-order valence-electron chi connectivity index (χ3n) is 5.25. The highest BCUT2D eigenvalue weighted by Crippen LogP contribution is 2.40. The first-order valence-electron chi connectivity index (χ1n) is 7.83. The number of morpholine rings is 1. The zero-order valence-electron chi connectivity index (χ0n) is 13.5.